The van der Waals surface area contributed by atoms with Gasteiger partial charge in [-0.2, -0.15) is 10.1 Å². The monoisotopic (exact) mass is 310 g/mol. The Hall–Kier alpha value is -2.43. The minimum Gasteiger partial charge on any atom is -0.497 e. The summed E-state index contributed by atoms with van der Waals surface area (Å²) in [7, 11) is 1.61. The van der Waals surface area contributed by atoms with Gasteiger partial charge in [0, 0.05) is 0 Å². The average molecular weight is 310 g/mol. The van der Waals surface area contributed by atoms with E-state index in [4.69, 9.17) is 4.74 Å². The van der Waals surface area contributed by atoms with E-state index < -0.39 is 0 Å². The Morgan fingerprint density at radius 1 is 1.04 bits per heavy atom. The zero-order valence-electron chi connectivity index (χ0n) is 12.9. The summed E-state index contributed by atoms with van der Waals surface area (Å²) in [5.74, 6) is 0.431. The van der Waals surface area contributed by atoms with Gasteiger partial charge in [-0.15, -0.1) is 0 Å². The minimum atomic E-state index is -0.209. The number of hydrogen-bond donors (Lipinski definition) is 0. The van der Waals surface area contributed by atoms with Crippen LogP contribution >= 0.6 is 0 Å². The van der Waals surface area contributed by atoms with E-state index in [1.165, 1.54) is 0 Å². The minimum absolute atomic E-state index is 0.149. The van der Waals surface area contributed by atoms with Gasteiger partial charge in [0.05, 0.1) is 25.2 Å². The molecule has 1 saturated carbocycles. The van der Waals surface area contributed by atoms with Crippen LogP contribution in [0.15, 0.2) is 41.5 Å². The Morgan fingerprint density at radius 3 is 2.09 bits per heavy atom. The fourth-order valence-electron chi connectivity index (χ4n) is 3.99. The molecule has 5 heteroatoms. The molecule has 118 valence electrons. The van der Waals surface area contributed by atoms with Crippen molar-refractivity contribution in [3.05, 3.63) is 42.0 Å². The first kappa shape index (κ1) is 14.2. The van der Waals surface area contributed by atoms with E-state index >= 15 is 0 Å². The van der Waals surface area contributed by atoms with Crippen LogP contribution in [0.3, 0.4) is 0 Å². The van der Waals surface area contributed by atoms with E-state index in [1.807, 2.05) is 24.3 Å². The predicted octanol–water partition coefficient (Wildman–Crippen LogP) is 2.23. The van der Waals surface area contributed by atoms with Crippen LogP contribution in [-0.4, -0.2) is 30.1 Å². The standard InChI is InChI=1S/C18H18N2O3/c1-23-14-8-2-11(3-9-14)10-19-20-17(21)15-12-4-5-13(7-6-12)16(15)18(20)22/h2-5,8-10,12-13,15-16H,6-7H2,1H3/b19-10-/t12-,13-,15-,16+/m0/s1. The van der Waals surface area contributed by atoms with E-state index in [0.717, 1.165) is 29.2 Å². The molecule has 5 nitrogen and oxygen atoms in total. The van der Waals surface area contributed by atoms with E-state index in [1.54, 1.807) is 13.3 Å². The SMILES string of the molecule is COc1ccc(/C=N\N2C(=O)[C@@H]3[C@H](C2=O)[C@H]2C=C[C@H]3CC2)cc1. The molecule has 4 atom stereocenters. The predicted molar refractivity (Wildman–Crippen MR) is 84.8 cm³/mol. The molecule has 1 aromatic rings. The topological polar surface area (TPSA) is 59.0 Å². The molecule has 1 heterocycles. The molecular weight excluding hydrogens is 292 g/mol. The van der Waals surface area contributed by atoms with Gasteiger partial charge in [0.25, 0.3) is 11.8 Å². The Morgan fingerprint density at radius 2 is 1.61 bits per heavy atom. The average Bonchev–Trinajstić information content (AvgIpc) is 2.88. The van der Waals surface area contributed by atoms with Crippen LogP contribution < -0.4 is 4.74 Å². The first-order valence-corrected chi connectivity index (χ1v) is 7.93. The van der Waals surface area contributed by atoms with Crippen LogP contribution in [-0.2, 0) is 9.59 Å². The summed E-state index contributed by atoms with van der Waals surface area (Å²) in [6, 6.07) is 7.31. The maximum Gasteiger partial charge on any atom is 0.254 e. The molecule has 0 spiro atoms. The molecule has 3 aliphatic carbocycles. The third-order valence-electron chi connectivity index (χ3n) is 5.17. The Labute approximate surface area is 134 Å². The molecule has 1 aromatic carbocycles. The number of allylic oxidation sites excluding steroid dienone is 2. The molecule has 2 fully saturated rings. The number of fused-ring (bicyclic) bond motifs is 1. The largest absolute Gasteiger partial charge is 0.497 e. The van der Waals surface area contributed by atoms with Crippen LogP contribution in [0, 0.1) is 23.7 Å². The lowest BCUT2D eigenvalue weighted by Gasteiger charge is -2.37. The molecule has 4 aliphatic rings. The number of carbonyl (C=O) groups excluding carboxylic acids is 2. The third kappa shape index (κ3) is 2.19. The van der Waals surface area contributed by atoms with Gasteiger partial charge in [0.15, 0.2) is 0 Å². The highest BCUT2D eigenvalue weighted by Gasteiger charge is 2.56. The van der Waals surface area contributed by atoms with Gasteiger partial charge in [-0.1, -0.05) is 12.2 Å². The highest BCUT2D eigenvalue weighted by Crippen LogP contribution is 2.49. The lowest BCUT2D eigenvalue weighted by Crippen LogP contribution is -2.38. The number of benzene rings is 1. The number of amides is 2. The van der Waals surface area contributed by atoms with Crippen molar-refractivity contribution in [3.63, 3.8) is 0 Å². The van der Waals surface area contributed by atoms with Crippen molar-refractivity contribution >= 4 is 18.0 Å². The van der Waals surface area contributed by atoms with Crippen molar-refractivity contribution in [2.45, 2.75) is 12.8 Å². The molecule has 0 N–H and O–H groups in total. The van der Waals surface area contributed by atoms with Crippen molar-refractivity contribution < 1.29 is 14.3 Å². The summed E-state index contributed by atoms with van der Waals surface area (Å²) in [4.78, 5) is 25.2. The zero-order valence-corrected chi connectivity index (χ0v) is 12.9. The van der Waals surface area contributed by atoms with Gasteiger partial charge >= 0.3 is 0 Å². The van der Waals surface area contributed by atoms with E-state index in [0.29, 0.717) is 0 Å². The number of nitrogens with zero attached hydrogens (tertiary/aromatic N) is 2. The Kier molecular flexibility index (Phi) is 3.29. The van der Waals surface area contributed by atoms with Gasteiger partial charge < -0.3 is 4.74 Å². The van der Waals surface area contributed by atoms with E-state index in [9.17, 15) is 9.59 Å². The molecular formula is C18H18N2O3. The van der Waals surface area contributed by atoms with E-state index in [-0.39, 0.29) is 35.5 Å². The van der Waals surface area contributed by atoms with Crippen molar-refractivity contribution in [2.75, 3.05) is 7.11 Å². The Bertz CT molecular complexity index is 675. The van der Waals surface area contributed by atoms with Gasteiger partial charge in [0.1, 0.15) is 5.75 Å². The first-order chi connectivity index (χ1) is 11.2. The second-order valence-corrected chi connectivity index (χ2v) is 6.35. The molecule has 2 amide bonds. The smallest absolute Gasteiger partial charge is 0.254 e. The van der Waals surface area contributed by atoms with Crippen molar-refractivity contribution in [3.8, 4) is 5.75 Å². The molecule has 0 aromatic heterocycles. The molecule has 0 radical (unpaired) electrons. The van der Waals surface area contributed by atoms with E-state index in [2.05, 4.69) is 17.3 Å². The molecule has 23 heavy (non-hydrogen) atoms. The number of hydrazone groups is 1. The zero-order chi connectivity index (χ0) is 16.0. The summed E-state index contributed by atoms with van der Waals surface area (Å²) in [5.41, 5.74) is 0.822. The summed E-state index contributed by atoms with van der Waals surface area (Å²) < 4.78 is 5.11. The molecule has 1 aliphatic heterocycles. The van der Waals surface area contributed by atoms with Crippen LogP contribution in [0.2, 0.25) is 0 Å². The quantitative estimate of drug-likeness (QED) is 0.489. The van der Waals surface area contributed by atoms with Crippen LogP contribution in [0.1, 0.15) is 18.4 Å². The summed E-state index contributed by atoms with van der Waals surface area (Å²) in [6.45, 7) is 0. The third-order valence-corrected chi connectivity index (χ3v) is 5.17. The fourth-order valence-corrected chi connectivity index (χ4v) is 3.99. The lowest BCUT2D eigenvalue weighted by atomic mass is 9.63. The Balaban J connectivity index is 1.56. The summed E-state index contributed by atoms with van der Waals surface area (Å²) >= 11 is 0. The highest BCUT2D eigenvalue weighted by molar-refractivity contribution is 6.06. The number of hydrogen-bond acceptors (Lipinski definition) is 4. The lowest BCUT2D eigenvalue weighted by molar-refractivity contribution is -0.140. The van der Waals surface area contributed by atoms with Crippen LogP contribution in [0.5, 0.6) is 5.75 Å². The van der Waals surface area contributed by atoms with Crippen molar-refractivity contribution in [1.29, 1.82) is 0 Å². The van der Waals surface area contributed by atoms with Crippen LogP contribution in [0.4, 0.5) is 0 Å². The van der Waals surface area contributed by atoms with Gasteiger partial charge in [-0.05, 0) is 54.5 Å². The number of methoxy groups -OCH3 is 1. The number of ether oxygens (including phenoxy) is 1. The van der Waals surface area contributed by atoms with Gasteiger partial charge in [-0.25, -0.2) is 0 Å². The molecule has 5 rings (SSSR count). The maximum absolute atomic E-state index is 12.6. The fraction of sp³-hybridized carbons (Fsp3) is 0.389. The van der Waals surface area contributed by atoms with Crippen molar-refractivity contribution in [2.24, 2.45) is 28.8 Å². The van der Waals surface area contributed by atoms with Gasteiger partial charge in [-0.3, -0.25) is 9.59 Å². The number of carbonyl (C=O) groups is 2. The number of imide groups is 1. The molecule has 0 unspecified atom stereocenters. The highest BCUT2D eigenvalue weighted by atomic mass is 16.5. The van der Waals surface area contributed by atoms with Crippen molar-refractivity contribution in [1.82, 2.24) is 5.01 Å². The molecule has 1 saturated heterocycles. The first-order valence-electron chi connectivity index (χ1n) is 7.93. The molecule has 2 bridgehead atoms. The second-order valence-electron chi connectivity index (χ2n) is 6.35. The van der Waals surface area contributed by atoms with Gasteiger partial charge in [0.2, 0.25) is 0 Å². The number of rotatable bonds is 3. The normalized spacial score (nSPS) is 32.0. The maximum atomic E-state index is 12.6. The summed E-state index contributed by atoms with van der Waals surface area (Å²) in [5, 5.41) is 5.25. The summed E-state index contributed by atoms with van der Waals surface area (Å²) in [6.07, 6.45) is 7.77. The van der Waals surface area contributed by atoms with Crippen LogP contribution in [0.25, 0.3) is 0 Å². The second kappa shape index (κ2) is 5.33.